The number of nitrogens with one attached hydrogen (secondary N) is 2. The molecule has 0 saturated carbocycles. The molecule has 0 atom stereocenters. The highest BCUT2D eigenvalue weighted by molar-refractivity contribution is 7.99. The van der Waals surface area contributed by atoms with Crippen molar-refractivity contribution < 1.29 is 14.5 Å². The Kier molecular flexibility index (Phi) is 6.12. The molecule has 3 aromatic rings. The lowest BCUT2D eigenvalue weighted by atomic mass is 10.2. The van der Waals surface area contributed by atoms with Gasteiger partial charge in [0.05, 0.1) is 23.5 Å². The topological polar surface area (TPSA) is 123 Å². The van der Waals surface area contributed by atoms with Crippen molar-refractivity contribution in [2.45, 2.75) is 5.16 Å². The molecule has 0 saturated heterocycles. The van der Waals surface area contributed by atoms with Gasteiger partial charge in [-0.1, -0.05) is 23.4 Å². The van der Waals surface area contributed by atoms with Gasteiger partial charge < -0.3 is 10.1 Å². The number of non-ortho nitro benzene ring substituents is 1. The van der Waals surface area contributed by atoms with E-state index < -0.39 is 4.92 Å². The first-order chi connectivity index (χ1) is 13.5. The summed E-state index contributed by atoms with van der Waals surface area (Å²) >= 11 is 6.99. The van der Waals surface area contributed by atoms with Crippen LogP contribution in [0.1, 0.15) is 0 Å². The van der Waals surface area contributed by atoms with Crippen LogP contribution in [0.15, 0.2) is 47.6 Å². The lowest BCUT2D eigenvalue weighted by Gasteiger charge is -2.09. The number of aromatic nitrogens is 3. The maximum absolute atomic E-state index is 12.2. The van der Waals surface area contributed by atoms with Crippen molar-refractivity contribution in [1.29, 1.82) is 0 Å². The third-order valence-corrected chi connectivity index (χ3v) is 4.68. The van der Waals surface area contributed by atoms with E-state index in [1.165, 1.54) is 25.3 Å². The minimum Gasteiger partial charge on any atom is -0.495 e. The van der Waals surface area contributed by atoms with E-state index in [4.69, 9.17) is 16.3 Å². The summed E-state index contributed by atoms with van der Waals surface area (Å²) in [5.41, 5.74) is 0.888. The molecule has 0 fully saturated rings. The quantitative estimate of drug-likeness (QED) is 0.339. The van der Waals surface area contributed by atoms with Gasteiger partial charge in [0, 0.05) is 22.7 Å². The summed E-state index contributed by atoms with van der Waals surface area (Å²) in [6, 6.07) is 11.1. The molecule has 0 radical (unpaired) electrons. The van der Waals surface area contributed by atoms with Gasteiger partial charge in [-0.25, -0.2) is 4.98 Å². The first-order valence-corrected chi connectivity index (χ1v) is 9.26. The van der Waals surface area contributed by atoms with Gasteiger partial charge in [0.15, 0.2) is 5.82 Å². The van der Waals surface area contributed by atoms with E-state index in [1.54, 1.807) is 24.3 Å². The van der Waals surface area contributed by atoms with Crippen LogP contribution in [0.5, 0.6) is 5.75 Å². The Hall–Kier alpha value is -3.11. The highest BCUT2D eigenvalue weighted by Crippen LogP contribution is 2.29. The largest absolute Gasteiger partial charge is 0.495 e. The van der Waals surface area contributed by atoms with Gasteiger partial charge in [0.25, 0.3) is 5.69 Å². The Balaban J connectivity index is 1.63. The zero-order valence-corrected chi connectivity index (χ0v) is 16.1. The Bertz CT molecular complexity index is 1010. The van der Waals surface area contributed by atoms with Gasteiger partial charge >= 0.3 is 0 Å². The summed E-state index contributed by atoms with van der Waals surface area (Å²) in [7, 11) is 1.41. The van der Waals surface area contributed by atoms with Crippen LogP contribution in [0.4, 0.5) is 11.4 Å². The number of hydrogen-bond donors (Lipinski definition) is 2. The van der Waals surface area contributed by atoms with E-state index in [0.717, 1.165) is 17.3 Å². The fraction of sp³-hybridized carbons (Fsp3) is 0.118. The number of H-pyrrole nitrogens is 1. The zero-order valence-electron chi connectivity index (χ0n) is 14.5. The highest BCUT2D eigenvalue weighted by Gasteiger charge is 2.15. The zero-order chi connectivity index (χ0) is 20.1. The Morgan fingerprint density at radius 1 is 1.32 bits per heavy atom. The predicted octanol–water partition coefficient (Wildman–Crippen LogP) is 3.77. The molecule has 11 heteroatoms. The van der Waals surface area contributed by atoms with E-state index >= 15 is 0 Å². The van der Waals surface area contributed by atoms with Crippen molar-refractivity contribution in [3.05, 3.63) is 57.6 Å². The van der Waals surface area contributed by atoms with Crippen LogP contribution < -0.4 is 10.1 Å². The first kappa shape index (κ1) is 19.6. The van der Waals surface area contributed by atoms with Crippen molar-refractivity contribution in [3.63, 3.8) is 0 Å². The molecule has 0 spiro atoms. The van der Waals surface area contributed by atoms with Crippen molar-refractivity contribution in [3.8, 4) is 17.1 Å². The number of halogens is 1. The Labute approximate surface area is 168 Å². The van der Waals surface area contributed by atoms with Crippen LogP contribution in [-0.2, 0) is 4.79 Å². The van der Waals surface area contributed by atoms with Gasteiger partial charge in [-0.3, -0.25) is 20.0 Å². The molecule has 1 amide bonds. The minimum atomic E-state index is -0.546. The van der Waals surface area contributed by atoms with E-state index in [1.807, 2.05) is 0 Å². The lowest BCUT2D eigenvalue weighted by molar-refractivity contribution is -0.384. The number of nitrogens with zero attached hydrogens (tertiary/aromatic N) is 3. The molecule has 0 aliphatic heterocycles. The van der Waals surface area contributed by atoms with Crippen molar-refractivity contribution >= 4 is 40.6 Å². The summed E-state index contributed by atoms with van der Waals surface area (Å²) in [5.74, 6) is 0.525. The number of thioether (sulfide) groups is 1. The van der Waals surface area contributed by atoms with Gasteiger partial charge in [-0.15, -0.1) is 5.10 Å². The van der Waals surface area contributed by atoms with Gasteiger partial charge in [-0.05, 0) is 30.3 Å². The Morgan fingerprint density at radius 2 is 2.07 bits per heavy atom. The molecule has 0 unspecified atom stereocenters. The van der Waals surface area contributed by atoms with Crippen LogP contribution in [0, 0.1) is 10.1 Å². The molecule has 0 bridgehead atoms. The van der Waals surface area contributed by atoms with E-state index in [0.29, 0.717) is 21.8 Å². The maximum Gasteiger partial charge on any atom is 0.271 e. The van der Waals surface area contributed by atoms with Gasteiger partial charge in [0.1, 0.15) is 5.75 Å². The molecule has 3 rings (SSSR count). The summed E-state index contributed by atoms with van der Waals surface area (Å²) in [5, 5.41) is 21.4. The number of methoxy groups -OCH3 is 1. The highest BCUT2D eigenvalue weighted by atomic mass is 35.5. The number of amides is 1. The standard InChI is InChI=1S/C17H14ClN5O4S/c1-27-14-7-6-12(23(25)26)8-13(14)19-15(24)9-28-17-20-16(21-22-17)10-2-4-11(18)5-3-10/h2-8H,9H2,1H3,(H,19,24)(H,20,21,22). The number of carbonyl (C=O) groups is 1. The minimum absolute atomic E-state index is 0.0176. The molecular weight excluding hydrogens is 406 g/mol. The number of carbonyl (C=O) groups excluding carboxylic acids is 1. The maximum atomic E-state index is 12.2. The number of benzene rings is 2. The normalized spacial score (nSPS) is 10.5. The molecule has 0 aliphatic rings. The first-order valence-electron chi connectivity index (χ1n) is 7.89. The second-order valence-corrected chi connectivity index (χ2v) is 6.83. The molecule has 144 valence electrons. The summed E-state index contributed by atoms with van der Waals surface area (Å²) in [6.45, 7) is 0. The molecule has 9 nitrogen and oxygen atoms in total. The monoisotopic (exact) mass is 419 g/mol. The number of ether oxygens (including phenoxy) is 1. The van der Waals surface area contributed by atoms with E-state index in [-0.39, 0.29) is 23.0 Å². The van der Waals surface area contributed by atoms with Crippen LogP contribution in [0.3, 0.4) is 0 Å². The smallest absolute Gasteiger partial charge is 0.271 e. The molecule has 28 heavy (non-hydrogen) atoms. The summed E-state index contributed by atoms with van der Waals surface area (Å²) < 4.78 is 5.12. The molecule has 2 aromatic carbocycles. The van der Waals surface area contributed by atoms with Crippen LogP contribution in [-0.4, -0.2) is 38.9 Å². The van der Waals surface area contributed by atoms with E-state index in [2.05, 4.69) is 20.5 Å². The second kappa shape index (κ2) is 8.72. The second-order valence-electron chi connectivity index (χ2n) is 5.45. The van der Waals surface area contributed by atoms with Crippen LogP contribution in [0.25, 0.3) is 11.4 Å². The molecule has 2 N–H and O–H groups in total. The number of anilines is 1. The summed E-state index contributed by atoms with van der Waals surface area (Å²) in [6.07, 6.45) is 0. The molecular formula is C17H14ClN5O4S. The SMILES string of the molecule is COc1ccc([N+](=O)[O-])cc1NC(=O)CSc1n[nH]c(-c2ccc(Cl)cc2)n1. The van der Waals surface area contributed by atoms with Gasteiger partial charge in [-0.2, -0.15) is 0 Å². The van der Waals surface area contributed by atoms with Crippen LogP contribution in [0.2, 0.25) is 5.02 Å². The lowest BCUT2D eigenvalue weighted by Crippen LogP contribution is -2.15. The molecule has 1 aromatic heterocycles. The third kappa shape index (κ3) is 4.78. The number of nitro groups is 1. The summed E-state index contributed by atoms with van der Waals surface area (Å²) in [4.78, 5) is 26.9. The fourth-order valence-corrected chi connectivity index (χ4v) is 3.00. The van der Waals surface area contributed by atoms with E-state index in [9.17, 15) is 14.9 Å². The Morgan fingerprint density at radius 3 is 2.75 bits per heavy atom. The number of hydrogen-bond acceptors (Lipinski definition) is 7. The van der Waals surface area contributed by atoms with Crippen molar-refractivity contribution in [2.75, 3.05) is 18.2 Å². The molecule has 1 heterocycles. The number of nitro benzene ring substituents is 1. The average molecular weight is 420 g/mol. The predicted molar refractivity (Wildman–Crippen MR) is 106 cm³/mol. The third-order valence-electron chi connectivity index (χ3n) is 3.58. The molecule has 0 aliphatic carbocycles. The van der Waals surface area contributed by atoms with Crippen LogP contribution >= 0.6 is 23.4 Å². The van der Waals surface area contributed by atoms with Crippen molar-refractivity contribution in [1.82, 2.24) is 15.2 Å². The fourth-order valence-electron chi connectivity index (χ4n) is 2.27. The number of rotatable bonds is 7. The average Bonchev–Trinajstić information content (AvgIpc) is 3.16. The van der Waals surface area contributed by atoms with Crippen molar-refractivity contribution in [2.24, 2.45) is 0 Å². The number of aromatic amines is 1. The van der Waals surface area contributed by atoms with Gasteiger partial charge in [0.2, 0.25) is 11.1 Å².